The van der Waals surface area contributed by atoms with Gasteiger partial charge >= 0.3 is 0 Å². The van der Waals surface area contributed by atoms with Gasteiger partial charge in [0.05, 0.1) is 15.1 Å². The number of hydrogen-bond acceptors (Lipinski definition) is 6. The normalized spacial score (nSPS) is 11.7. The van der Waals surface area contributed by atoms with Crippen molar-refractivity contribution in [2.24, 2.45) is 4.99 Å². The van der Waals surface area contributed by atoms with Gasteiger partial charge in [-0.15, -0.1) is 0 Å². The maximum atomic E-state index is 12.6. The Morgan fingerprint density at radius 3 is 2.46 bits per heavy atom. The van der Waals surface area contributed by atoms with Crippen LogP contribution in [0.3, 0.4) is 0 Å². The van der Waals surface area contributed by atoms with Crippen LogP contribution in [0.5, 0.6) is 0 Å². The molecule has 9 heteroatoms. The Balaban J connectivity index is 2.07. The predicted molar refractivity (Wildman–Crippen MR) is 111 cm³/mol. The van der Waals surface area contributed by atoms with Crippen LogP contribution in [0.15, 0.2) is 47.5 Å². The molecule has 3 aromatic rings. The molecule has 0 saturated heterocycles. The lowest BCUT2D eigenvalue weighted by molar-refractivity contribution is -0.384. The van der Waals surface area contributed by atoms with E-state index < -0.39 is 10.8 Å². The second-order valence-electron chi connectivity index (χ2n) is 5.99. The van der Waals surface area contributed by atoms with Crippen molar-refractivity contribution in [2.45, 2.75) is 13.5 Å². The first-order valence-electron chi connectivity index (χ1n) is 8.37. The Kier molecular flexibility index (Phi) is 6.05. The Morgan fingerprint density at radius 1 is 1.18 bits per heavy atom. The zero-order valence-corrected chi connectivity index (χ0v) is 16.9. The van der Waals surface area contributed by atoms with Gasteiger partial charge in [-0.1, -0.05) is 23.5 Å². The minimum absolute atomic E-state index is 0.00321. The highest BCUT2D eigenvalue weighted by Crippen LogP contribution is 2.23. The third kappa shape index (κ3) is 4.20. The molecular formula is C19H17N3O4S2. The van der Waals surface area contributed by atoms with E-state index in [1.165, 1.54) is 30.4 Å². The van der Waals surface area contributed by atoms with E-state index >= 15 is 0 Å². The number of nitro benzene ring substituents is 1. The van der Waals surface area contributed by atoms with E-state index in [1.54, 1.807) is 42.1 Å². The van der Waals surface area contributed by atoms with E-state index in [-0.39, 0.29) is 11.5 Å². The van der Waals surface area contributed by atoms with Crippen LogP contribution in [-0.2, 0) is 6.54 Å². The van der Waals surface area contributed by atoms with Gasteiger partial charge in [-0.3, -0.25) is 19.7 Å². The van der Waals surface area contributed by atoms with Crippen LogP contribution in [-0.4, -0.2) is 33.2 Å². The lowest BCUT2D eigenvalue weighted by atomic mass is 10.1. The number of carbonyl (C=O) groups is 2. The number of thioether (sulfide) groups is 1. The quantitative estimate of drug-likeness (QED) is 0.345. The molecule has 0 spiro atoms. The molecule has 0 aliphatic carbocycles. The van der Waals surface area contributed by atoms with Crippen LogP contribution in [0.25, 0.3) is 10.2 Å². The number of nitrogens with zero attached hydrogens (tertiary/aromatic N) is 3. The van der Waals surface area contributed by atoms with E-state index in [0.29, 0.717) is 27.2 Å². The number of ketones is 1. The summed E-state index contributed by atoms with van der Waals surface area (Å²) in [6.07, 6.45) is 1.98. The summed E-state index contributed by atoms with van der Waals surface area (Å²) in [6.45, 7) is 2.10. The summed E-state index contributed by atoms with van der Waals surface area (Å²) in [5.74, 6) is 0.323. The molecule has 2 aromatic carbocycles. The minimum Gasteiger partial charge on any atom is -0.315 e. The molecule has 0 atom stereocenters. The monoisotopic (exact) mass is 415 g/mol. The topological polar surface area (TPSA) is 94.6 Å². The first kappa shape index (κ1) is 20.0. The number of amides is 1. The molecule has 0 N–H and O–H groups in total. The van der Waals surface area contributed by atoms with Crippen molar-refractivity contribution in [1.82, 2.24) is 4.57 Å². The van der Waals surface area contributed by atoms with Gasteiger partial charge in [-0.05, 0) is 31.4 Å². The van der Waals surface area contributed by atoms with Gasteiger partial charge in [0.2, 0.25) is 0 Å². The summed E-state index contributed by atoms with van der Waals surface area (Å²) in [5.41, 5.74) is 1.72. The van der Waals surface area contributed by atoms with E-state index in [9.17, 15) is 19.7 Å². The number of aromatic nitrogens is 1. The van der Waals surface area contributed by atoms with Gasteiger partial charge in [0, 0.05) is 35.6 Å². The summed E-state index contributed by atoms with van der Waals surface area (Å²) in [7, 11) is 0. The number of carbonyl (C=O) groups excluding carboxylic acids is 2. The Morgan fingerprint density at radius 2 is 1.86 bits per heavy atom. The molecule has 0 radical (unpaired) electrons. The van der Waals surface area contributed by atoms with Crippen LogP contribution < -0.4 is 4.80 Å². The fourth-order valence-electron chi connectivity index (χ4n) is 2.66. The van der Waals surface area contributed by atoms with Crippen LogP contribution in [0, 0.1) is 10.1 Å². The van der Waals surface area contributed by atoms with Gasteiger partial charge in [0.25, 0.3) is 11.6 Å². The van der Waals surface area contributed by atoms with Crippen molar-refractivity contribution in [1.29, 1.82) is 0 Å². The van der Waals surface area contributed by atoms with Crippen molar-refractivity contribution in [2.75, 3.05) is 12.0 Å². The molecule has 0 bridgehead atoms. The molecule has 3 rings (SSSR count). The second kappa shape index (κ2) is 8.49. The number of thiazole rings is 1. The van der Waals surface area contributed by atoms with Crippen LogP contribution >= 0.6 is 23.1 Å². The summed E-state index contributed by atoms with van der Waals surface area (Å²) in [6, 6.07) is 11.0. The fraction of sp³-hybridized carbons (Fsp3) is 0.211. The molecule has 28 heavy (non-hydrogen) atoms. The minimum atomic E-state index is -0.441. The van der Waals surface area contributed by atoms with Crippen molar-refractivity contribution in [3.8, 4) is 0 Å². The zero-order chi connectivity index (χ0) is 20.3. The van der Waals surface area contributed by atoms with Gasteiger partial charge in [0.1, 0.15) is 0 Å². The SMILES string of the molecule is CSCCn1c(=NC(=O)c2ccc(C(C)=O)cc2)sc2cc([N+](=O)[O-])ccc21. The van der Waals surface area contributed by atoms with E-state index in [0.717, 1.165) is 11.3 Å². The maximum Gasteiger partial charge on any atom is 0.279 e. The van der Waals surface area contributed by atoms with Gasteiger partial charge in [0.15, 0.2) is 10.6 Å². The van der Waals surface area contributed by atoms with Gasteiger partial charge in [-0.25, -0.2) is 0 Å². The molecule has 1 aromatic heterocycles. The molecule has 0 aliphatic heterocycles. The van der Waals surface area contributed by atoms with E-state index in [1.807, 2.05) is 10.8 Å². The van der Waals surface area contributed by atoms with Crippen molar-refractivity contribution in [3.63, 3.8) is 0 Å². The number of benzene rings is 2. The third-order valence-electron chi connectivity index (χ3n) is 4.13. The predicted octanol–water partition coefficient (Wildman–Crippen LogP) is 3.92. The summed E-state index contributed by atoms with van der Waals surface area (Å²) in [4.78, 5) is 39.3. The Bertz CT molecular complexity index is 1130. The number of Topliss-reactive ketones (excluding diaryl/α,β-unsaturated/α-hetero) is 1. The molecule has 1 heterocycles. The van der Waals surface area contributed by atoms with Crippen molar-refractivity contribution < 1.29 is 14.5 Å². The van der Waals surface area contributed by atoms with Gasteiger partial charge < -0.3 is 4.57 Å². The van der Waals surface area contributed by atoms with E-state index in [2.05, 4.69) is 4.99 Å². The lowest BCUT2D eigenvalue weighted by Gasteiger charge is -2.03. The first-order valence-corrected chi connectivity index (χ1v) is 10.6. The Hall–Kier alpha value is -2.78. The average molecular weight is 415 g/mol. The largest absolute Gasteiger partial charge is 0.315 e. The molecule has 0 unspecified atom stereocenters. The number of rotatable bonds is 6. The number of nitro groups is 1. The first-order chi connectivity index (χ1) is 13.4. The summed E-state index contributed by atoms with van der Waals surface area (Å²) < 4.78 is 2.61. The highest BCUT2D eigenvalue weighted by molar-refractivity contribution is 7.98. The molecule has 7 nitrogen and oxygen atoms in total. The number of aryl methyl sites for hydroxylation is 1. The zero-order valence-electron chi connectivity index (χ0n) is 15.2. The van der Waals surface area contributed by atoms with Crippen LogP contribution in [0.2, 0.25) is 0 Å². The molecular weight excluding hydrogens is 398 g/mol. The van der Waals surface area contributed by atoms with Crippen molar-refractivity contribution in [3.05, 3.63) is 68.5 Å². The molecule has 0 aliphatic rings. The van der Waals surface area contributed by atoms with Crippen LogP contribution in [0.4, 0.5) is 5.69 Å². The number of fused-ring (bicyclic) bond motifs is 1. The third-order valence-corrected chi connectivity index (χ3v) is 5.76. The summed E-state index contributed by atoms with van der Waals surface area (Å²) >= 11 is 2.91. The van der Waals surface area contributed by atoms with E-state index in [4.69, 9.17) is 0 Å². The average Bonchev–Trinajstić information content (AvgIpc) is 3.02. The number of hydrogen-bond donors (Lipinski definition) is 0. The highest BCUT2D eigenvalue weighted by atomic mass is 32.2. The maximum absolute atomic E-state index is 12.6. The molecule has 0 fully saturated rings. The Labute approximate surface area is 168 Å². The van der Waals surface area contributed by atoms with Crippen LogP contribution in [0.1, 0.15) is 27.6 Å². The smallest absolute Gasteiger partial charge is 0.279 e. The summed E-state index contributed by atoms with van der Waals surface area (Å²) in [5, 5.41) is 11.0. The standard InChI is InChI=1S/C19H17N3O4S2/c1-12(23)13-3-5-14(6-4-13)18(24)20-19-21(9-10-27-2)16-8-7-15(22(25)26)11-17(16)28-19/h3-8,11H,9-10H2,1-2H3. The molecule has 144 valence electrons. The second-order valence-corrected chi connectivity index (χ2v) is 7.98. The fourth-order valence-corrected chi connectivity index (χ4v) is 4.11. The lowest BCUT2D eigenvalue weighted by Crippen LogP contribution is -2.18. The number of non-ortho nitro benzene ring substituents is 1. The van der Waals surface area contributed by atoms with Gasteiger partial charge in [-0.2, -0.15) is 16.8 Å². The molecule has 0 saturated carbocycles. The molecule has 1 amide bonds. The van der Waals surface area contributed by atoms with Crippen molar-refractivity contribution >= 4 is 50.7 Å². The highest BCUT2D eigenvalue weighted by Gasteiger charge is 2.13.